The summed E-state index contributed by atoms with van der Waals surface area (Å²) in [6.07, 6.45) is 2.37. The van der Waals surface area contributed by atoms with E-state index in [0.717, 1.165) is 24.2 Å². The molecule has 0 amide bonds. The van der Waals surface area contributed by atoms with Gasteiger partial charge in [-0.25, -0.2) is 4.79 Å². The van der Waals surface area contributed by atoms with Crippen molar-refractivity contribution >= 4 is 11.8 Å². The van der Waals surface area contributed by atoms with Crippen LogP contribution in [0.4, 0.5) is 0 Å². The predicted molar refractivity (Wildman–Crippen MR) is 102 cm³/mol. The van der Waals surface area contributed by atoms with Gasteiger partial charge in [0.05, 0.1) is 12.2 Å². The van der Waals surface area contributed by atoms with Crippen LogP contribution in [0, 0.1) is 0 Å². The van der Waals surface area contributed by atoms with Gasteiger partial charge in [-0.3, -0.25) is 4.79 Å². The molecule has 136 valence electrons. The number of unbranched alkanes of at least 4 members (excludes halogenated alkanes) is 1. The molecule has 0 radical (unpaired) electrons. The number of allylic oxidation sites excluding steroid dienone is 1. The molecule has 0 saturated carbocycles. The SMILES string of the molecule is C=C(C)C(=O)Cc1ccc(OC(=O)c2ccc(OCCCC)cc2)cc1. The number of hydrogen-bond acceptors (Lipinski definition) is 4. The second-order valence-corrected chi connectivity index (χ2v) is 6.14. The van der Waals surface area contributed by atoms with Gasteiger partial charge < -0.3 is 9.47 Å². The minimum Gasteiger partial charge on any atom is -0.494 e. The minimum absolute atomic E-state index is 0.00371. The standard InChI is InChI=1S/C22H24O4/c1-4-5-14-25-19-12-8-18(9-13-19)22(24)26-20-10-6-17(7-11-20)15-21(23)16(2)3/h6-13H,2,4-5,14-15H2,1,3H3. The fraction of sp³-hybridized carbons (Fsp3) is 0.273. The van der Waals surface area contributed by atoms with Crippen LogP contribution in [0.1, 0.15) is 42.6 Å². The van der Waals surface area contributed by atoms with Crippen molar-refractivity contribution in [2.45, 2.75) is 33.1 Å². The van der Waals surface area contributed by atoms with Gasteiger partial charge in [0.1, 0.15) is 11.5 Å². The van der Waals surface area contributed by atoms with Crippen LogP contribution in [0.5, 0.6) is 11.5 Å². The topological polar surface area (TPSA) is 52.6 Å². The number of Topliss-reactive ketones (excluding diaryl/α,β-unsaturated/α-hetero) is 1. The van der Waals surface area contributed by atoms with Crippen molar-refractivity contribution in [3.05, 3.63) is 71.8 Å². The van der Waals surface area contributed by atoms with Crippen LogP contribution in [0.3, 0.4) is 0 Å². The first-order valence-corrected chi connectivity index (χ1v) is 8.72. The zero-order valence-corrected chi connectivity index (χ0v) is 15.3. The summed E-state index contributed by atoms with van der Waals surface area (Å²) in [4.78, 5) is 23.9. The predicted octanol–water partition coefficient (Wildman–Crippen LogP) is 4.77. The molecule has 0 aliphatic rings. The summed E-state index contributed by atoms with van der Waals surface area (Å²) < 4.78 is 10.9. The lowest BCUT2D eigenvalue weighted by Gasteiger charge is -2.08. The molecule has 26 heavy (non-hydrogen) atoms. The molecule has 0 fully saturated rings. The third-order valence-electron chi connectivity index (χ3n) is 3.83. The Morgan fingerprint density at radius 3 is 2.15 bits per heavy atom. The van der Waals surface area contributed by atoms with E-state index < -0.39 is 5.97 Å². The minimum atomic E-state index is -0.434. The zero-order chi connectivity index (χ0) is 18.9. The Labute approximate surface area is 154 Å². The van der Waals surface area contributed by atoms with Crippen molar-refractivity contribution in [2.75, 3.05) is 6.61 Å². The molecule has 0 heterocycles. The molecule has 4 nitrogen and oxygen atoms in total. The van der Waals surface area contributed by atoms with Crippen molar-refractivity contribution in [3.8, 4) is 11.5 Å². The number of rotatable bonds is 9. The average Bonchev–Trinajstić information content (AvgIpc) is 2.64. The molecule has 0 aliphatic heterocycles. The Hall–Kier alpha value is -2.88. The molecule has 2 aromatic rings. The van der Waals surface area contributed by atoms with E-state index in [1.54, 1.807) is 55.5 Å². The fourth-order valence-electron chi connectivity index (χ4n) is 2.20. The van der Waals surface area contributed by atoms with E-state index >= 15 is 0 Å². The molecule has 0 aliphatic carbocycles. The van der Waals surface area contributed by atoms with Crippen LogP contribution < -0.4 is 9.47 Å². The number of carbonyl (C=O) groups excluding carboxylic acids is 2. The first-order valence-electron chi connectivity index (χ1n) is 8.72. The van der Waals surface area contributed by atoms with Gasteiger partial charge in [-0.15, -0.1) is 0 Å². The van der Waals surface area contributed by atoms with Gasteiger partial charge in [-0.2, -0.15) is 0 Å². The molecular weight excluding hydrogens is 328 g/mol. The number of esters is 1. The molecule has 4 heteroatoms. The summed E-state index contributed by atoms with van der Waals surface area (Å²) in [5.41, 5.74) is 1.84. The molecule has 0 spiro atoms. The molecule has 2 rings (SSSR count). The number of hydrogen-bond donors (Lipinski definition) is 0. The van der Waals surface area contributed by atoms with E-state index in [-0.39, 0.29) is 5.78 Å². The molecular formula is C22H24O4. The van der Waals surface area contributed by atoms with Crippen molar-refractivity contribution in [3.63, 3.8) is 0 Å². The summed E-state index contributed by atoms with van der Waals surface area (Å²) in [7, 11) is 0. The highest BCUT2D eigenvalue weighted by atomic mass is 16.5. The van der Waals surface area contributed by atoms with Gasteiger partial charge in [-0.1, -0.05) is 32.1 Å². The van der Waals surface area contributed by atoms with Crippen LogP contribution in [0.2, 0.25) is 0 Å². The number of benzene rings is 2. The van der Waals surface area contributed by atoms with Gasteiger partial charge in [0.15, 0.2) is 5.78 Å². The number of ketones is 1. The van der Waals surface area contributed by atoms with E-state index in [2.05, 4.69) is 13.5 Å². The quantitative estimate of drug-likeness (QED) is 0.282. The van der Waals surface area contributed by atoms with Crippen molar-refractivity contribution in [2.24, 2.45) is 0 Å². The summed E-state index contributed by atoms with van der Waals surface area (Å²) in [5.74, 6) is 0.734. The van der Waals surface area contributed by atoms with Crippen molar-refractivity contribution in [1.82, 2.24) is 0 Å². The van der Waals surface area contributed by atoms with Gasteiger partial charge in [-0.05, 0) is 60.9 Å². The maximum absolute atomic E-state index is 12.2. The second kappa shape index (κ2) is 9.56. The van der Waals surface area contributed by atoms with E-state index in [9.17, 15) is 9.59 Å². The molecule has 2 aromatic carbocycles. The van der Waals surface area contributed by atoms with Crippen LogP contribution in [0.15, 0.2) is 60.7 Å². The summed E-state index contributed by atoms with van der Waals surface area (Å²) >= 11 is 0. The average molecular weight is 352 g/mol. The lowest BCUT2D eigenvalue weighted by Crippen LogP contribution is -2.09. The van der Waals surface area contributed by atoms with E-state index in [1.165, 1.54) is 0 Å². The zero-order valence-electron chi connectivity index (χ0n) is 15.3. The normalized spacial score (nSPS) is 10.2. The van der Waals surface area contributed by atoms with Crippen molar-refractivity contribution < 1.29 is 19.1 Å². The van der Waals surface area contributed by atoms with E-state index in [0.29, 0.717) is 29.9 Å². The lowest BCUT2D eigenvalue weighted by molar-refractivity contribution is -0.114. The Bertz CT molecular complexity index is 758. The third-order valence-corrected chi connectivity index (χ3v) is 3.83. The summed E-state index contributed by atoms with van der Waals surface area (Å²) in [6.45, 7) is 8.11. The highest BCUT2D eigenvalue weighted by Crippen LogP contribution is 2.17. The molecule has 0 N–H and O–H groups in total. The molecule has 0 atom stereocenters. The largest absolute Gasteiger partial charge is 0.494 e. The maximum atomic E-state index is 12.2. The summed E-state index contributed by atoms with van der Waals surface area (Å²) in [5, 5.41) is 0. The van der Waals surface area contributed by atoms with Gasteiger partial charge in [0.25, 0.3) is 0 Å². The molecule has 0 aromatic heterocycles. The monoisotopic (exact) mass is 352 g/mol. The highest BCUT2D eigenvalue weighted by Gasteiger charge is 2.10. The molecule has 0 saturated heterocycles. The Morgan fingerprint density at radius 1 is 0.962 bits per heavy atom. The Morgan fingerprint density at radius 2 is 1.58 bits per heavy atom. The van der Waals surface area contributed by atoms with Crippen LogP contribution in [-0.4, -0.2) is 18.4 Å². The maximum Gasteiger partial charge on any atom is 0.343 e. The first-order chi connectivity index (χ1) is 12.5. The van der Waals surface area contributed by atoms with Crippen molar-refractivity contribution in [1.29, 1.82) is 0 Å². The smallest absolute Gasteiger partial charge is 0.343 e. The summed E-state index contributed by atoms with van der Waals surface area (Å²) in [6, 6.07) is 13.8. The van der Waals surface area contributed by atoms with Crippen LogP contribution in [-0.2, 0) is 11.2 Å². The number of carbonyl (C=O) groups is 2. The van der Waals surface area contributed by atoms with Crippen LogP contribution in [0.25, 0.3) is 0 Å². The second-order valence-electron chi connectivity index (χ2n) is 6.14. The first kappa shape index (κ1) is 19.4. The Kier molecular flexibility index (Phi) is 7.15. The lowest BCUT2D eigenvalue weighted by atomic mass is 10.1. The molecule has 0 unspecified atom stereocenters. The molecule has 0 bridgehead atoms. The number of ether oxygens (including phenoxy) is 2. The third kappa shape index (κ3) is 5.88. The fourth-order valence-corrected chi connectivity index (χ4v) is 2.20. The van der Waals surface area contributed by atoms with Crippen LogP contribution >= 0.6 is 0 Å². The van der Waals surface area contributed by atoms with Gasteiger partial charge in [0, 0.05) is 6.42 Å². The highest BCUT2D eigenvalue weighted by molar-refractivity contribution is 5.95. The Balaban J connectivity index is 1.92. The van der Waals surface area contributed by atoms with Gasteiger partial charge >= 0.3 is 5.97 Å². The van der Waals surface area contributed by atoms with E-state index in [1.807, 2.05) is 0 Å². The van der Waals surface area contributed by atoms with E-state index in [4.69, 9.17) is 9.47 Å². The van der Waals surface area contributed by atoms with Gasteiger partial charge in [0.2, 0.25) is 0 Å².